The van der Waals surface area contributed by atoms with Gasteiger partial charge >= 0.3 is 0 Å². The van der Waals surface area contributed by atoms with Gasteiger partial charge < -0.3 is 10.2 Å². The summed E-state index contributed by atoms with van der Waals surface area (Å²) in [6.07, 6.45) is 3.89. The Morgan fingerprint density at radius 3 is 2.95 bits per heavy atom. The monoisotopic (exact) mass is 286 g/mol. The molecule has 3 rings (SSSR count). The Bertz CT molecular complexity index is 575. The van der Waals surface area contributed by atoms with Gasteiger partial charge in [-0.15, -0.1) is 5.10 Å². The Morgan fingerprint density at radius 2 is 2.14 bits per heavy atom. The first-order valence-corrected chi connectivity index (χ1v) is 7.32. The van der Waals surface area contributed by atoms with Crippen molar-refractivity contribution in [2.24, 2.45) is 0 Å². The maximum atomic E-state index is 13.6. The first-order valence-electron chi connectivity index (χ1n) is 7.32. The van der Waals surface area contributed by atoms with Crippen molar-refractivity contribution in [3.8, 4) is 0 Å². The zero-order valence-electron chi connectivity index (χ0n) is 11.9. The van der Waals surface area contributed by atoms with E-state index in [1.165, 1.54) is 6.07 Å². The highest BCUT2D eigenvalue weighted by molar-refractivity contribution is 5.37. The fourth-order valence-electron chi connectivity index (χ4n) is 2.71. The van der Waals surface area contributed by atoms with E-state index < -0.39 is 0 Å². The first kappa shape index (κ1) is 13.9. The summed E-state index contributed by atoms with van der Waals surface area (Å²) < 4.78 is 13.6. The summed E-state index contributed by atoms with van der Waals surface area (Å²) >= 11 is 0. The Labute approximate surface area is 124 Å². The smallest absolute Gasteiger partial charge is 0.151 e. The van der Waals surface area contributed by atoms with Crippen LogP contribution in [0.25, 0.3) is 0 Å². The van der Waals surface area contributed by atoms with Crippen molar-refractivity contribution in [3.63, 3.8) is 0 Å². The molecule has 1 aliphatic rings. The third-order valence-corrected chi connectivity index (χ3v) is 3.84. The maximum absolute atomic E-state index is 13.6. The van der Waals surface area contributed by atoms with E-state index in [2.05, 4.69) is 20.4 Å². The van der Waals surface area contributed by atoms with Crippen LogP contribution in [-0.4, -0.2) is 29.3 Å². The third kappa shape index (κ3) is 3.55. The summed E-state index contributed by atoms with van der Waals surface area (Å²) in [5, 5.41) is 11.5. The van der Waals surface area contributed by atoms with E-state index in [1.807, 2.05) is 24.3 Å². The SMILES string of the molecule is Fc1ccccc1CN[C@@H]1CCCN(c2cccnn2)C1. The number of anilines is 1. The van der Waals surface area contributed by atoms with Crippen LogP contribution in [0.2, 0.25) is 0 Å². The minimum absolute atomic E-state index is 0.147. The molecule has 21 heavy (non-hydrogen) atoms. The van der Waals surface area contributed by atoms with Gasteiger partial charge in [-0.05, 0) is 31.0 Å². The normalized spacial score (nSPS) is 18.7. The third-order valence-electron chi connectivity index (χ3n) is 3.84. The van der Waals surface area contributed by atoms with Gasteiger partial charge in [0.25, 0.3) is 0 Å². The van der Waals surface area contributed by atoms with Crippen LogP contribution in [-0.2, 0) is 6.54 Å². The number of aromatic nitrogens is 2. The Balaban J connectivity index is 1.58. The number of nitrogens with zero attached hydrogens (tertiary/aromatic N) is 3. The van der Waals surface area contributed by atoms with E-state index in [9.17, 15) is 4.39 Å². The van der Waals surface area contributed by atoms with E-state index in [1.54, 1.807) is 12.3 Å². The molecular formula is C16H19FN4. The molecule has 1 aliphatic heterocycles. The molecule has 1 aromatic heterocycles. The second-order valence-electron chi connectivity index (χ2n) is 5.34. The molecule has 1 aromatic carbocycles. The van der Waals surface area contributed by atoms with Gasteiger partial charge in [0.1, 0.15) is 5.82 Å². The number of piperidine rings is 1. The average Bonchev–Trinajstić information content (AvgIpc) is 2.55. The minimum atomic E-state index is -0.147. The highest BCUT2D eigenvalue weighted by Gasteiger charge is 2.20. The standard InChI is InChI=1S/C16H19FN4/c17-15-7-2-1-5-13(15)11-18-14-6-4-10-21(12-14)16-8-3-9-19-20-16/h1-3,5,7-9,14,18H,4,6,10-12H2/t14-/m1/s1. The van der Waals surface area contributed by atoms with Gasteiger partial charge in [0, 0.05) is 37.4 Å². The fourth-order valence-corrected chi connectivity index (χ4v) is 2.71. The molecule has 0 radical (unpaired) electrons. The van der Waals surface area contributed by atoms with Crippen molar-refractivity contribution in [2.75, 3.05) is 18.0 Å². The number of halogens is 1. The molecule has 2 heterocycles. The van der Waals surface area contributed by atoms with Gasteiger partial charge in [-0.3, -0.25) is 0 Å². The number of benzene rings is 1. The van der Waals surface area contributed by atoms with Crippen LogP contribution >= 0.6 is 0 Å². The van der Waals surface area contributed by atoms with Crippen molar-refractivity contribution < 1.29 is 4.39 Å². The van der Waals surface area contributed by atoms with Crippen LogP contribution in [0.4, 0.5) is 10.2 Å². The zero-order chi connectivity index (χ0) is 14.5. The number of hydrogen-bond donors (Lipinski definition) is 1. The lowest BCUT2D eigenvalue weighted by Gasteiger charge is -2.33. The molecular weight excluding hydrogens is 267 g/mol. The lowest BCUT2D eigenvalue weighted by molar-refractivity contribution is 0.416. The van der Waals surface area contributed by atoms with Crippen LogP contribution in [0, 0.1) is 5.82 Å². The fraction of sp³-hybridized carbons (Fsp3) is 0.375. The van der Waals surface area contributed by atoms with Crippen molar-refractivity contribution in [1.82, 2.24) is 15.5 Å². The Hall–Kier alpha value is -2.01. The molecule has 1 fully saturated rings. The van der Waals surface area contributed by atoms with Crippen molar-refractivity contribution in [1.29, 1.82) is 0 Å². The second kappa shape index (κ2) is 6.63. The van der Waals surface area contributed by atoms with Gasteiger partial charge in [-0.1, -0.05) is 18.2 Å². The van der Waals surface area contributed by atoms with E-state index in [-0.39, 0.29) is 5.82 Å². The summed E-state index contributed by atoms with van der Waals surface area (Å²) in [5.74, 6) is 0.765. The predicted octanol–water partition coefficient (Wildman–Crippen LogP) is 2.37. The van der Waals surface area contributed by atoms with E-state index in [0.29, 0.717) is 18.2 Å². The van der Waals surface area contributed by atoms with Crippen LogP contribution in [0.15, 0.2) is 42.6 Å². The summed E-state index contributed by atoms with van der Waals surface area (Å²) in [5.41, 5.74) is 0.717. The molecule has 5 heteroatoms. The highest BCUT2D eigenvalue weighted by Crippen LogP contribution is 2.17. The Kier molecular flexibility index (Phi) is 4.40. The Morgan fingerprint density at radius 1 is 1.24 bits per heavy atom. The number of rotatable bonds is 4. The summed E-state index contributed by atoms with van der Waals surface area (Å²) in [6, 6.07) is 11.1. The van der Waals surface area contributed by atoms with Gasteiger partial charge in [-0.2, -0.15) is 5.10 Å². The number of hydrogen-bond acceptors (Lipinski definition) is 4. The van der Waals surface area contributed by atoms with Crippen molar-refractivity contribution >= 4 is 5.82 Å². The molecule has 1 atom stereocenters. The molecule has 0 aliphatic carbocycles. The molecule has 1 saturated heterocycles. The van der Waals surface area contributed by atoms with Crippen LogP contribution in [0.1, 0.15) is 18.4 Å². The molecule has 0 saturated carbocycles. The first-order chi connectivity index (χ1) is 10.3. The second-order valence-corrected chi connectivity index (χ2v) is 5.34. The topological polar surface area (TPSA) is 41.0 Å². The zero-order valence-corrected chi connectivity index (χ0v) is 11.9. The maximum Gasteiger partial charge on any atom is 0.151 e. The summed E-state index contributed by atoms with van der Waals surface area (Å²) in [6.45, 7) is 2.44. The molecule has 0 amide bonds. The predicted molar refractivity (Wildman–Crippen MR) is 80.5 cm³/mol. The number of nitrogens with one attached hydrogen (secondary N) is 1. The van der Waals surface area contributed by atoms with Gasteiger partial charge in [0.15, 0.2) is 5.82 Å². The molecule has 1 N–H and O–H groups in total. The van der Waals surface area contributed by atoms with Crippen LogP contribution in [0.5, 0.6) is 0 Å². The largest absolute Gasteiger partial charge is 0.354 e. The van der Waals surface area contributed by atoms with Crippen LogP contribution < -0.4 is 10.2 Å². The lowest BCUT2D eigenvalue weighted by Crippen LogP contribution is -2.45. The minimum Gasteiger partial charge on any atom is -0.354 e. The van der Waals surface area contributed by atoms with Crippen molar-refractivity contribution in [3.05, 3.63) is 54.0 Å². The van der Waals surface area contributed by atoms with Gasteiger partial charge in [0.05, 0.1) is 0 Å². The molecule has 2 aromatic rings. The molecule has 110 valence electrons. The highest BCUT2D eigenvalue weighted by atomic mass is 19.1. The lowest BCUT2D eigenvalue weighted by atomic mass is 10.1. The van der Waals surface area contributed by atoms with E-state index >= 15 is 0 Å². The van der Waals surface area contributed by atoms with E-state index in [0.717, 1.165) is 31.7 Å². The van der Waals surface area contributed by atoms with Gasteiger partial charge in [0.2, 0.25) is 0 Å². The quantitative estimate of drug-likeness (QED) is 0.937. The molecule has 0 spiro atoms. The van der Waals surface area contributed by atoms with Gasteiger partial charge in [-0.25, -0.2) is 4.39 Å². The van der Waals surface area contributed by atoms with Crippen molar-refractivity contribution in [2.45, 2.75) is 25.4 Å². The molecule has 0 unspecified atom stereocenters. The van der Waals surface area contributed by atoms with Crippen LogP contribution in [0.3, 0.4) is 0 Å². The summed E-state index contributed by atoms with van der Waals surface area (Å²) in [4.78, 5) is 2.23. The summed E-state index contributed by atoms with van der Waals surface area (Å²) in [7, 11) is 0. The van der Waals surface area contributed by atoms with E-state index in [4.69, 9.17) is 0 Å². The molecule has 0 bridgehead atoms. The average molecular weight is 286 g/mol. The molecule has 4 nitrogen and oxygen atoms in total.